The van der Waals surface area contributed by atoms with Gasteiger partial charge in [0.05, 0.1) is 5.69 Å². The number of aryl methyl sites for hydroxylation is 1. The van der Waals surface area contributed by atoms with E-state index < -0.39 is 0 Å². The molecule has 1 aliphatic rings. The Hall–Kier alpha value is -2.63. The first-order chi connectivity index (χ1) is 13.6. The van der Waals surface area contributed by atoms with Crippen molar-refractivity contribution in [2.75, 3.05) is 43.4 Å². The number of hydrogen-bond donors (Lipinski definition) is 1. The number of halogens is 1. The van der Waals surface area contributed by atoms with Crippen LogP contribution in [0.25, 0.3) is 11.3 Å². The largest absolute Gasteiger partial charge is 0.354 e. The number of aromatic nitrogens is 2. The SMILES string of the molecule is Cc1cc(Cl)ccc1Nc1nc(-c2ccccc2)cc(N2CCN(C)CC2)n1. The maximum atomic E-state index is 6.09. The van der Waals surface area contributed by atoms with Crippen LogP contribution < -0.4 is 10.2 Å². The monoisotopic (exact) mass is 393 g/mol. The summed E-state index contributed by atoms with van der Waals surface area (Å²) in [5.41, 5.74) is 4.01. The third-order valence-electron chi connectivity index (χ3n) is 5.04. The molecular weight excluding hydrogens is 370 g/mol. The third-order valence-corrected chi connectivity index (χ3v) is 5.28. The molecule has 0 unspecified atom stereocenters. The molecule has 0 amide bonds. The molecule has 0 bridgehead atoms. The average molecular weight is 394 g/mol. The van der Waals surface area contributed by atoms with Crippen molar-refractivity contribution in [2.24, 2.45) is 0 Å². The van der Waals surface area contributed by atoms with Gasteiger partial charge in [0.25, 0.3) is 0 Å². The van der Waals surface area contributed by atoms with Crippen LogP contribution in [-0.2, 0) is 0 Å². The van der Waals surface area contributed by atoms with Gasteiger partial charge in [-0.05, 0) is 37.7 Å². The number of likely N-dealkylation sites (N-methyl/N-ethyl adjacent to an activating group) is 1. The number of nitrogens with one attached hydrogen (secondary N) is 1. The van der Waals surface area contributed by atoms with Crippen molar-refractivity contribution in [3.8, 4) is 11.3 Å². The summed E-state index contributed by atoms with van der Waals surface area (Å²) in [6, 6.07) is 18.1. The molecule has 1 saturated heterocycles. The quantitative estimate of drug-likeness (QED) is 0.701. The summed E-state index contributed by atoms with van der Waals surface area (Å²) < 4.78 is 0. The summed E-state index contributed by atoms with van der Waals surface area (Å²) in [6.45, 7) is 6.01. The van der Waals surface area contributed by atoms with E-state index in [4.69, 9.17) is 21.6 Å². The van der Waals surface area contributed by atoms with Gasteiger partial charge in [0.2, 0.25) is 5.95 Å². The molecule has 3 aromatic rings. The van der Waals surface area contributed by atoms with E-state index in [1.807, 2.05) is 43.3 Å². The van der Waals surface area contributed by atoms with E-state index in [1.165, 1.54) is 0 Å². The van der Waals surface area contributed by atoms with Gasteiger partial charge in [-0.1, -0.05) is 41.9 Å². The highest BCUT2D eigenvalue weighted by Crippen LogP contribution is 2.27. The minimum Gasteiger partial charge on any atom is -0.354 e. The van der Waals surface area contributed by atoms with E-state index >= 15 is 0 Å². The van der Waals surface area contributed by atoms with Gasteiger partial charge in [-0.3, -0.25) is 0 Å². The Morgan fingerprint density at radius 2 is 1.68 bits per heavy atom. The molecule has 0 saturated carbocycles. The molecule has 1 fully saturated rings. The number of piperazine rings is 1. The normalized spacial score (nSPS) is 14.9. The fourth-order valence-electron chi connectivity index (χ4n) is 3.33. The summed E-state index contributed by atoms with van der Waals surface area (Å²) >= 11 is 6.09. The minimum atomic E-state index is 0.598. The molecule has 28 heavy (non-hydrogen) atoms. The van der Waals surface area contributed by atoms with Gasteiger partial charge in [-0.15, -0.1) is 0 Å². The maximum absolute atomic E-state index is 6.09. The molecule has 1 N–H and O–H groups in total. The summed E-state index contributed by atoms with van der Waals surface area (Å²) in [6.07, 6.45) is 0. The van der Waals surface area contributed by atoms with Crippen molar-refractivity contribution in [1.29, 1.82) is 0 Å². The molecular formula is C22H24ClN5. The van der Waals surface area contributed by atoms with Crippen LogP contribution >= 0.6 is 11.6 Å². The molecule has 1 aromatic heterocycles. The van der Waals surface area contributed by atoms with Crippen molar-refractivity contribution in [2.45, 2.75) is 6.92 Å². The van der Waals surface area contributed by atoms with E-state index in [0.717, 1.165) is 59.5 Å². The second-order valence-electron chi connectivity index (χ2n) is 7.18. The lowest BCUT2D eigenvalue weighted by Crippen LogP contribution is -2.44. The number of benzene rings is 2. The summed E-state index contributed by atoms with van der Waals surface area (Å²) in [7, 11) is 2.16. The van der Waals surface area contributed by atoms with Crippen molar-refractivity contribution in [1.82, 2.24) is 14.9 Å². The van der Waals surface area contributed by atoms with Gasteiger partial charge in [-0.25, -0.2) is 4.98 Å². The van der Waals surface area contributed by atoms with E-state index in [9.17, 15) is 0 Å². The fourth-order valence-corrected chi connectivity index (χ4v) is 3.56. The lowest BCUT2D eigenvalue weighted by molar-refractivity contribution is 0.312. The summed E-state index contributed by atoms with van der Waals surface area (Å²) in [5, 5.41) is 4.10. The summed E-state index contributed by atoms with van der Waals surface area (Å²) in [4.78, 5) is 14.3. The number of anilines is 3. The Morgan fingerprint density at radius 3 is 2.39 bits per heavy atom. The Morgan fingerprint density at radius 1 is 0.929 bits per heavy atom. The maximum Gasteiger partial charge on any atom is 0.229 e. The van der Waals surface area contributed by atoms with E-state index in [2.05, 4.69) is 40.4 Å². The number of nitrogens with zero attached hydrogens (tertiary/aromatic N) is 4. The first-order valence-corrected chi connectivity index (χ1v) is 9.87. The Balaban J connectivity index is 1.71. The first-order valence-electron chi connectivity index (χ1n) is 9.50. The fraction of sp³-hybridized carbons (Fsp3) is 0.273. The average Bonchev–Trinajstić information content (AvgIpc) is 2.71. The van der Waals surface area contributed by atoms with Crippen LogP contribution in [0, 0.1) is 6.92 Å². The van der Waals surface area contributed by atoms with Crippen LogP contribution in [0.4, 0.5) is 17.5 Å². The van der Waals surface area contributed by atoms with Crippen molar-refractivity contribution in [3.05, 3.63) is 65.2 Å². The zero-order chi connectivity index (χ0) is 19.5. The minimum absolute atomic E-state index is 0.598. The summed E-state index contributed by atoms with van der Waals surface area (Å²) in [5.74, 6) is 1.55. The molecule has 0 spiro atoms. The van der Waals surface area contributed by atoms with Gasteiger partial charge < -0.3 is 15.1 Å². The van der Waals surface area contributed by atoms with Crippen LogP contribution in [0.5, 0.6) is 0 Å². The molecule has 4 rings (SSSR count). The molecule has 144 valence electrons. The molecule has 1 aliphatic heterocycles. The number of hydrogen-bond acceptors (Lipinski definition) is 5. The Labute approximate surface area is 171 Å². The second kappa shape index (κ2) is 8.17. The molecule has 0 aliphatic carbocycles. The molecule has 2 aromatic carbocycles. The molecule has 6 heteroatoms. The van der Waals surface area contributed by atoms with Crippen molar-refractivity contribution < 1.29 is 0 Å². The third kappa shape index (κ3) is 4.26. The van der Waals surface area contributed by atoms with Crippen LogP contribution in [0.1, 0.15) is 5.56 Å². The zero-order valence-corrected chi connectivity index (χ0v) is 16.9. The Bertz CT molecular complexity index is 952. The van der Waals surface area contributed by atoms with Crippen LogP contribution in [0.3, 0.4) is 0 Å². The van der Waals surface area contributed by atoms with E-state index in [-0.39, 0.29) is 0 Å². The standard InChI is InChI=1S/C22H24ClN5/c1-16-14-18(23)8-9-19(16)24-22-25-20(17-6-4-3-5-7-17)15-21(26-22)28-12-10-27(2)11-13-28/h3-9,14-15H,10-13H2,1-2H3,(H,24,25,26). The van der Waals surface area contributed by atoms with Crippen LogP contribution in [0.2, 0.25) is 5.02 Å². The van der Waals surface area contributed by atoms with Crippen LogP contribution in [0.15, 0.2) is 54.6 Å². The molecule has 0 radical (unpaired) electrons. The predicted octanol–water partition coefficient (Wildman–Crippen LogP) is 4.60. The van der Waals surface area contributed by atoms with Gasteiger partial charge in [0, 0.05) is 48.5 Å². The predicted molar refractivity (Wildman–Crippen MR) is 117 cm³/mol. The second-order valence-corrected chi connectivity index (χ2v) is 7.61. The first kappa shape index (κ1) is 18.7. The zero-order valence-electron chi connectivity index (χ0n) is 16.2. The van der Waals surface area contributed by atoms with Gasteiger partial charge in [-0.2, -0.15) is 4.98 Å². The van der Waals surface area contributed by atoms with Gasteiger partial charge in [0.15, 0.2) is 0 Å². The smallest absolute Gasteiger partial charge is 0.229 e. The van der Waals surface area contributed by atoms with Crippen molar-refractivity contribution >= 4 is 29.1 Å². The molecule has 0 atom stereocenters. The van der Waals surface area contributed by atoms with Gasteiger partial charge in [0.1, 0.15) is 5.82 Å². The highest BCUT2D eigenvalue weighted by molar-refractivity contribution is 6.30. The van der Waals surface area contributed by atoms with Gasteiger partial charge >= 0.3 is 0 Å². The van der Waals surface area contributed by atoms with E-state index in [1.54, 1.807) is 0 Å². The van der Waals surface area contributed by atoms with E-state index in [0.29, 0.717) is 5.95 Å². The topological polar surface area (TPSA) is 44.3 Å². The highest BCUT2D eigenvalue weighted by Gasteiger charge is 2.18. The van der Waals surface area contributed by atoms with Crippen LogP contribution in [-0.4, -0.2) is 48.1 Å². The lowest BCUT2D eigenvalue weighted by atomic mass is 10.1. The lowest BCUT2D eigenvalue weighted by Gasteiger charge is -2.33. The Kier molecular flexibility index (Phi) is 5.46. The molecule has 2 heterocycles. The van der Waals surface area contributed by atoms with Crippen molar-refractivity contribution in [3.63, 3.8) is 0 Å². The highest BCUT2D eigenvalue weighted by atomic mass is 35.5. The molecule has 5 nitrogen and oxygen atoms in total. The number of rotatable bonds is 4.